The highest BCUT2D eigenvalue weighted by Gasteiger charge is 2.11. The number of nitrogens with zero attached hydrogens (tertiary/aromatic N) is 1. The van der Waals surface area contributed by atoms with E-state index < -0.39 is 17.4 Å². The van der Waals surface area contributed by atoms with Crippen molar-refractivity contribution in [2.75, 3.05) is 0 Å². The Morgan fingerprint density at radius 1 is 1.14 bits per heavy atom. The van der Waals surface area contributed by atoms with Gasteiger partial charge in [0.15, 0.2) is 11.6 Å². The summed E-state index contributed by atoms with van der Waals surface area (Å²) in [7, 11) is 0. The maximum atomic E-state index is 13.2. The highest BCUT2D eigenvalue weighted by atomic mass is 35.5. The van der Waals surface area contributed by atoms with Crippen LogP contribution in [0.2, 0.25) is 5.15 Å². The molecule has 1 heterocycles. The minimum atomic E-state index is -1.01. The number of halogens is 3. The quantitative estimate of drug-likeness (QED) is 0.686. The standard InChI is InChI=1S/C9H4ClF2NO/c10-8-1-4-5(3-13-8)9(14)7(12)2-6(4)11/h1-3,14H. The molecule has 0 aliphatic carbocycles. The Balaban J connectivity index is 2.94. The highest BCUT2D eigenvalue weighted by Crippen LogP contribution is 2.30. The van der Waals surface area contributed by atoms with Crippen LogP contribution in [0.15, 0.2) is 18.3 Å². The molecule has 1 aromatic heterocycles. The highest BCUT2D eigenvalue weighted by molar-refractivity contribution is 6.30. The number of aromatic nitrogens is 1. The molecule has 0 radical (unpaired) electrons. The van der Waals surface area contributed by atoms with Crippen LogP contribution < -0.4 is 0 Å². The fraction of sp³-hybridized carbons (Fsp3) is 0. The number of phenols is 1. The monoisotopic (exact) mass is 215 g/mol. The van der Waals surface area contributed by atoms with Gasteiger partial charge in [-0.2, -0.15) is 0 Å². The Bertz CT molecular complexity index is 516. The second kappa shape index (κ2) is 3.06. The van der Waals surface area contributed by atoms with Crippen LogP contribution in [0.3, 0.4) is 0 Å². The molecule has 1 N–H and O–H groups in total. The summed E-state index contributed by atoms with van der Waals surface area (Å²) in [6, 6.07) is 1.83. The normalized spacial score (nSPS) is 10.8. The third kappa shape index (κ3) is 1.28. The van der Waals surface area contributed by atoms with Crippen molar-refractivity contribution in [2.45, 2.75) is 0 Å². The van der Waals surface area contributed by atoms with Crippen LogP contribution >= 0.6 is 11.6 Å². The van der Waals surface area contributed by atoms with E-state index in [2.05, 4.69) is 4.98 Å². The molecular weight excluding hydrogens is 212 g/mol. The summed E-state index contributed by atoms with van der Waals surface area (Å²) < 4.78 is 26.0. The lowest BCUT2D eigenvalue weighted by Gasteiger charge is -2.03. The number of aromatic hydroxyl groups is 1. The van der Waals surface area contributed by atoms with E-state index in [1.165, 1.54) is 6.07 Å². The van der Waals surface area contributed by atoms with Crippen LogP contribution in [0.1, 0.15) is 0 Å². The van der Waals surface area contributed by atoms with Crippen LogP contribution in [0.25, 0.3) is 10.8 Å². The number of phenolic OH excluding ortho intramolecular Hbond substituents is 1. The third-order valence-electron chi connectivity index (χ3n) is 1.86. The van der Waals surface area contributed by atoms with Gasteiger partial charge in [0.05, 0.1) is 0 Å². The topological polar surface area (TPSA) is 33.1 Å². The van der Waals surface area contributed by atoms with E-state index in [1.54, 1.807) is 0 Å². The lowest BCUT2D eigenvalue weighted by atomic mass is 10.1. The average molecular weight is 216 g/mol. The van der Waals surface area contributed by atoms with Gasteiger partial charge in [-0.1, -0.05) is 11.6 Å². The van der Waals surface area contributed by atoms with Gasteiger partial charge in [-0.05, 0) is 6.07 Å². The molecule has 2 nitrogen and oxygen atoms in total. The smallest absolute Gasteiger partial charge is 0.168 e. The molecule has 0 spiro atoms. The Hall–Kier alpha value is -1.42. The van der Waals surface area contributed by atoms with E-state index in [0.717, 1.165) is 6.20 Å². The second-order valence-corrected chi connectivity index (χ2v) is 3.13. The van der Waals surface area contributed by atoms with E-state index in [4.69, 9.17) is 11.6 Å². The first-order valence-electron chi connectivity index (χ1n) is 3.72. The molecule has 0 saturated heterocycles. The Kier molecular flexibility index (Phi) is 2.00. The van der Waals surface area contributed by atoms with E-state index in [0.29, 0.717) is 6.07 Å². The Morgan fingerprint density at radius 3 is 2.57 bits per heavy atom. The predicted octanol–water partition coefficient (Wildman–Crippen LogP) is 2.87. The van der Waals surface area contributed by atoms with E-state index in [-0.39, 0.29) is 15.9 Å². The minimum absolute atomic E-state index is 0.00639. The minimum Gasteiger partial charge on any atom is -0.504 e. The zero-order chi connectivity index (χ0) is 10.3. The third-order valence-corrected chi connectivity index (χ3v) is 2.07. The summed E-state index contributed by atoms with van der Waals surface area (Å²) in [4.78, 5) is 3.62. The molecule has 14 heavy (non-hydrogen) atoms. The van der Waals surface area contributed by atoms with Crippen molar-refractivity contribution in [3.63, 3.8) is 0 Å². The molecule has 0 fully saturated rings. The summed E-state index contributed by atoms with van der Waals surface area (Å²) in [5, 5.41) is 9.39. The van der Waals surface area contributed by atoms with Gasteiger partial charge in [0.25, 0.3) is 0 Å². The van der Waals surface area contributed by atoms with Crippen molar-refractivity contribution in [3.8, 4) is 5.75 Å². The van der Waals surface area contributed by atoms with Gasteiger partial charge in [-0.3, -0.25) is 0 Å². The number of hydrogen-bond donors (Lipinski definition) is 1. The molecule has 0 bridgehead atoms. The van der Waals surface area contributed by atoms with Crippen molar-refractivity contribution in [2.24, 2.45) is 0 Å². The molecule has 0 unspecified atom stereocenters. The summed E-state index contributed by atoms with van der Waals surface area (Å²) in [6.07, 6.45) is 1.12. The van der Waals surface area contributed by atoms with Gasteiger partial charge in [-0.15, -0.1) is 0 Å². The zero-order valence-electron chi connectivity index (χ0n) is 6.76. The molecule has 72 valence electrons. The molecule has 5 heteroatoms. The lowest BCUT2D eigenvalue weighted by molar-refractivity contribution is 0.435. The molecule has 2 rings (SSSR count). The van der Waals surface area contributed by atoms with Crippen LogP contribution in [-0.2, 0) is 0 Å². The van der Waals surface area contributed by atoms with Crippen LogP contribution in [0, 0.1) is 11.6 Å². The lowest BCUT2D eigenvalue weighted by Crippen LogP contribution is -1.87. The van der Waals surface area contributed by atoms with Gasteiger partial charge < -0.3 is 5.11 Å². The zero-order valence-corrected chi connectivity index (χ0v) is 7.52. The fourth-order valence-electron chi connectivity index (χ4n) is 1.20. The second-order valence-electron chi connectivity index (χ2n) is 2.74. The van der Waals surface area contributed by atoms with Crippen LogP contribution in [-0.4, -0.2) is 10.1 Å². The number of hydrogen-bond acceptors (Lipinski definition) is 2. The first kappa shape index (κ1) is 9.15. The van der Waals surface area contributed by atoms with Gasteiger partial charge in [-0.25, -0.2) is 13.8 Å². The van der Waals surface area contributed by atoms with Crippen molar-refractivity contribution >= 4 is 22.4 Å². The summed E-state index contributed by atoms with van der Waals surface area (Å²) in [5.74, 6) is -2.41. The Morgan fingerprint density at radius 2 is 1.86 bits per heavy atom. The number of benzene rings is 1. The van der Waals surface area contributed by atoms with Crippen molar-refractivity contribution in [1.82, 2.24) is 4.98 Å². The first-order valence-corrected chi connectivity index (χ1v) is 4.09. The largest absolute Gasteiger partial charge is 0.504 e. The summed E-state index contributed by atoms with van der Waals surface area (Å²) in [6.45, 7) is 0. The molecule has 2 aromatic rings. The molecule has 0 saturated carbocycles. The number of pyridine rings is 1. The van der Waals surface area contributed by atoms with Gasteiger partial charge in [0.2, 0.25) is 0 Å². The van der Waals surface area contributed by atoms with E-state index in [1.807, 2.05) is 0 Å². The SMILES string of the molecule is Oc1c(F)cc(F)c2cc(Cl)ncc12. The fourth-order valence-corrected chi connectivity index (χ4v) is 1.36. The predicted molar refractivity (Wildman–Crippen MR) is 48.3 cm³/mol. The molecule has 0 amide bonds. The van der Waals surface area contributed by atoms with Gasteiger partial charge >= 0.3 is 0 Å². The van der Waals surface area contributed by atoms with E-state index in [9.17, 15) is 13.9 Å². The van der Waals surface area contributed by atoms with Gasteiger partial charge in [0.1, 0.15) is 11.0 Å². The number of fused-ring (bicyclic) bond motifs is 1. The molecule has 0 atom stereocenters. The molecule has 0 aliphatic heterocycles. The van der Waals surface area contributed by atoms with Crippen molar-refractivity contribution < 1.29 is 13.9 Å². The molecule has 1 aromatic carbocycles. The first-order chi connectivity index (χ1) is 6.59. The number of rotatable bonds is 0. The average Bonchev–Trinajstić information content (AvgIpc) is 2.14. The van der Waals surface area contributed by atoms with Crippen molar-refractivity contribution in [3.05, 3.63) is 35.1 Å². The van der Waals surface area contributed by atoms with E-state index >= 15 is 0 Å². The summed E-state index contributed by atoms with van der Waals surface area (Å²) in [5.41, 5.74) is 0. The maximum Gasteiger partial charge on any atom is 0.168 e. The van der Waals surface area contributed by atoms with Crippen molar-refractivity contribution in [1.29, 1.82) is 0 Å². The maximum absolute atomic E-state index is 13.2. The Labute approximate surface area is 82.8 Å². The van der Waals surface area contributed by atoms with Gasteiger partial charge in [0, 0.05) is 23.0 Å². The summed E-state index contributed by atoms with van der Waals surface area (Å²) >= 11 is 5.53. The molecular formula is C9H4ClF2NO. The van der Waals surface area contributed by atoms with Crippen LogP contribution in [0.4, 0.5) is 8.78 Å². The molecule has 0 aliphatic rings. The van der Waals surface area contributed by atoms with Crippen LogP contribution in [0.5, 0.6) is 5.75 Å².